The summed E-state index contributed by atoms with van der Waals surface area (Å²) in [5.74, 6) is 0. The van der Waals surface area contributed by atoms with Crippen LogP contribution in [-0.2, 0) is 0 Å². The van der Waals surface area contributed by atoms with Gasteiger partial charge in [-0.05, 0) is 24.6 Å². The molecule has 3 nitrogen and oxygen atoms in total. The van der Waals surface area contributed by atoms with Gasteiger partial charge in [0.05, 0.1) is 5.52 Å². The van der Waals surface area contributed by atoms with E-state index < -0.39 is 0 Å². The molecular weight excluding hydrogens is 258 g/mol. The molecule has 0 aliphatic rings. The Kier molecular flexibility index (Phi) is 3.53. The Bertz CT molecular complexity index is 804. The third kappa shape index (κ3) is 2.70. The van der Waals surface area contributed by atoms with Crippen LogP contribution in [0.25, 0.3) is 10.9 Å². The van der Waals surface area contributed by atoms with Gasteiger partial charge in [-0.25, -0.2) is 4.98 Å². The van der Waals surface area contributed by atoms with Crippen LogP contribution in [0.4, 0.5) is 5.69 Å². The smallest absolute Gasteiger partial charge is 0.143 e. The molecule has 0 aliphatic heterocycles. The topological polar surface area (TPSA) is 48.7 Å². The molecule has 0 bridgehead atoms. The number of anilines is 1. The van der Waals surface area contributed by atoms with E-state index in [4.69, 9.17) is 5.26 Å². The van der Waals surface area contributed by atoms with Gasteiger partial charge in [-0.15, -0.1) is 0 Å². The second-order valence-corrected chi connectivity index (χ2v) is 4.96. The van der Waals surface area contributed by atoms with Crippen LogP contribution < -0.4 is 5.32 Å². The van der Waals surface area contributed by atoms with Gasteiger partial charge < -0.3 is 5.32 Å². The molecule has 102 valence electrons. The molecular formula is C18H15N3. The lowest BCUT2D eigenvalue weighted by molar-refractivity contribution is 0.886. The number of aromatic nitrogens is 1. The van der Waals surface area contributed by atoms with E-state index in [2.05, 4.69) is 35.4 Å². The minimum absolute atomic E-state index is 0.156. The van der Waals surface area contributed by atoms with Crippen LogP contribution in [0.15, 0.2) is 60.7 Å². The second-order valence-electron chi connectivity index (χ2n) is 4.96. The highest BCUT2D eigenvalue weighted by atomic mass is 14.9. The van der Waals surface area contributed by atoms with Crippen LogP contribution in [-0.4, -0.2) is 4.98 Å². The average molecular weight is 273 g/mol. The number of nitriles is 1. The molecule has 0 radical (unpaired) electrons. The molecule has 0 spiro atoms. The number of hydrogen-bond acceptors (Lipinski definition) is 3. The monoisotopic (exact) mass is 273 g/mol. The van der Waals surface area contributed by atoms with E-state index in [0.717, 1.165) is 16.6 Å². The lowest BCUT2D eigenvalue weighted by atomic mass is 10.1. The summed E-state index contributed by atoms with van der Waals surface area (Å²) in [5.41, 5.74) is 3.40. The fourth-order valence-corrected chi connectivity index (χ4v) is 2.41. The van der Waals surface area contributed by atoms with E-state index in [1.165, 1.54) is 5.56 Å². The Labute approximate surface area is 123 Å². The van der Waals surface area contributed by atoms with Crippen LogP contribution in [0.2, 0.25) is 0 Å². The molecule has 2 aromatic carbocycles. The quantitative estimate of drug-likeness (QED) is 0.774. The molecule has 3 aromatic rings. The fraction of sp³-hybridized carbons (Fsp3) is 0.111. The summed E-state index contributed by atoms with van der Waals surface area (Å²) >= 11 is 0. The predicted molar refractivity (Wildman–Crippen MR) is 84.9 cm³/mol. The van der Waals surface area contributed by atoms with Gasteiger partial charge in [-0.3, -0.25) is 0 Å². The normalized spacial score (nSPS) is 11.8. The van der Waals surface area contributed by atoms with E-state index in [1.807, 2.05) is 48.5 Å². The summed E-state index contributed by atoms with van der Waals surface area (Å²) in [6, 6.07) is 22.2. The maximum atomic E-state index is 9.13. The minimum atomic E-state index is 0.156. The van der Waals surface area contributed by atoms with Crippen molar-refractivity contribution in [1.82, 2.24) is 4.98 Å². The summed E-state index contributed by atoms with van der Waals surface area (Å²) < 4.78 is 0. The van der Waals surface area contributed by atoms with Crippen molar-refractivity contribution in [2.75, 3.05) is 5.32 Å². The molecule has 3 rings (SSSR count). The third-order valence-electron chi connectivity index (χ3n) is 3.50. The van der Waals surface area contributed by atoms with Crippen molar-refractivity contribution in [3.05, 3.63) is 71.9 Å². The number of rotatable bonds is 3. The molecule has 1 heterocycles. The predicted octanol–water partition coefficient (Wildman–Crippen LogP) is 4.28. The van der Waals surface area contributed by atoms with Crippen molar-refractivity contribution in [3.63, 3.8) is 0 Å². The van der Waals surface area contributed by atoms with Crippen molar-refractivity contribution in [2.45, 2.75) is 13.0 Å². The molecule has 1 N–H and O–H groups in total. The highest BCUT2D eigenvalue weighted by Gasteiger charge is 2.09. The fourth-order valence-electron chi connectivity index (χ4n) is 2.41. The van der Waals surface area contributed by atoms with E-state index in [-0.39, 0.29) is 6.04 Å². The van der Waals surface area contributed by atoms with Gasteiger partial charge in [-0.1, -0.05) is 48.5 Å². The Morgan fingerprint density at radius 3 is 2.52 bits per heavy atom. The number of hydrogen-bond donors (Lipinski definition) is 1. The molecule has 0 saturated heterocycles. The SMILES string of the molecule is C[C@H](Nc1cc(C#N)nc2ccccc12)c1ccccc1. The standard InChI is InChI=1S/C18H15N3/c1-13(14-7-3-2-4-8-14)20-18-11-15(12-19)21-17-10-6-5-9-16(17)18/h2-11,13H,1H3,(H,20,21)/t13-/m0/s1. The van der Waals surface area contributed by atoms with Crippen molar-refractivity contribution < 1.29 is 0 Å². The molecule has 0 fully saturated rings. The summed E-state index contributed by atoms with van der Waals surface area (Å²) in [6.07, 6.45) is 0. The molecule has 0 unspecified atom stereocenters. The zero-order valence-corrected chi connectivity index (χ0v) is 11.7. The van der Waals surface area contributed by atoms with Gasteiger partial charge in [0.15, 0.2) is 0 Å². The molecule has 0 saturated carbocycles. The molecule has 21 heavy (non-hydrogen) atoms. The Hall–Kier alpha value is -2.86. The molecule has 0 amide bonds. The van der Waals surface area contributed by atoms with E-state index >= 15 is 0 Å². The first kappa shape index (κ1) is 13.1. The van der Waals surface area contributed by atoms with Crippen LogP contribution in [0.3, 0.4) is 0 Å². The Morgan fingerprint density at radius 2 is 1.76 bits per heavy atom. The van der Waals surface area contributed by atoms with E-state index in [9.17, 15) is 0 Å². The average Bonchev–Trinajstić information content (AvgIpc) is 2.55. The molecule has 3 heteroatoms. The Morgan fingerprint density at radius 1 is 1.05 bits per heavy atom. The number of pyridine rings is 1. The number of nitrogens with one attached hydrogen (secondary N) is 1. The summed E-state index contributed by atoms with van der Waals surface area (Å²) in [5, 5.41) is 13.6. The van der Waals surface area contributed by atoms with E-state index in [1.54, 1.807) is 0 Å². The molecule has 1 atom stereocenters. The van der Waals surface area contributed by atoms with Crippen LogP contribution in [0.1, 0.15) is 24.2 Å². The minimum Gasteiger partial charge on any atom is -0.378 e. The highest BCUT2D eigenvalue weighted by molar-refractivity contribution is 5.91. The Balaban J connectivity index is 2.02. The van der Waals surface area contributed by atoms with Crippen LogP contribution in [0.5, 0.6) is 0 Å². The zero-order valence-electron chi connectivity index (χ0n) is 11.7. The van der Waals surface area contributed by atoms with Gasteiger partial charge in [-0.2, -0.15) is 5.26 Å². The second kappa shape index (κ2) is 5.64. The van der Waals surface area contributed by atoms with Gasteiger partial charge in [0, 0.05) is 17.1 Å². The number of benzene rings is 2. The molecule has 1 aromatic heterocycles. The highest BCUT2D eigenvalue weighted by Crippen LogP contribution is 2.26. The lowest BCUT2D eigenvalue weighted by Crippen LogP contribution is -2.07. The first-order chi connectivity index (χ1) is 10.3. The summed E-state index contributed by atoms with van der Waals surface area (Å²) in [7, 11) is 0. The van der Waals surface area contributed by atoms with Gasteiger partial charge >= 0.3 is 0 Å². The van der Waals surface area contributed by atoms with Gasteiger partial charge in [0.25, 0.3) is 0 Å². The summed E-state index contributed by atoms with van der Waals surface area (Å²) in [6.45, 7) is 2.11. The third-order valence-corrected chi connectivity index (χ3v) is 3.50. The molecule has 0 aliphatic carbocycles. The van der Waals surface area contributed by atoms with Crippen LogP contribution >= 0.6 is 0 Å². The largest absolute Gasteiger partial charge is 0.378 e. The van der Waals surface area contributed by atoms with E-state index in [0.29, 0.717) is 5.69 Å². The number of para-hydroxylation sites is 1. The summed E-state index contributed by atoms with van der Waals surface area (Å²) in [4.78, 5) is 4.33. The van der Waals surface area contributed by atoms with Crippen molar-refractivity contribution in [1.29, 1.82) is 5.26 Å². The first-order valence-electron chi connectivity index (χ1n) is 6.89. The first-order valence-corrected chi connectivity index (χ1v) is 6.89. The van der Waals surface area contributed by atoms with Gasteiger partial charge in [0.2, 0.25) is 0 Å². The maximum Gasteiger partial charge on any atom is 0.143 e. The lowest BCUT2D eigenvalue weighted by Gasteiger charge is -2.17. The number of fused-ring (bicyclic) bond motifs is 1. The van der Waals surface area contributed by atoms with Crippen molar-refractivity contribution in [3.8, 4) is 6.07 Å². The van der Waals surface area contributed by atoms with Gasteiger partial charge in [0.1, 0.15) is 11.8 Å². The van der Waals surface area contributed by atoms with Crippen LogP contribution in [0, 0.1) is 11.3 Å². The van der Waals surface area contributed by atoms with Crippen molar-refractivity contribution >= 4 is 16.6 Å². The maximum absolute atomic E-state index is 9.13. The van der Waals surface area contributed by atoms with Crippen molar-refractivity contribution in [2.24, 2.45) is 0 Å². The number of nitrogens with zero attached hydrogens (tertiary/aromatic N) is 2. The zero-order chi connectivity index (χ0) is 14.7.